The van der Waals surface area contributed by atoms with Gasteiger partial charge in [-0.1, -0.05) is 12.1 Å². The standard InChI is InChI=1S/C16H24N2O2/c1-18-10-6-12(7-11-18)20-14-5-3-4-13(15(14)19-2)16(17)8-9-16/h3-5,12H,6-11,17H2,1-2H3. The Balaban J connectivity index is 1.79. The number of hydrogen-bond acceptors (Lipinski definition) is 4. The lowest BCUT2D eigenvalue weighted by molar-refractivity contribution is 0.111. The summed E-state index contributed by atoms with van der Waals surface area (Å²) in [5.41, 5.74) is 7.21. The van der Waals surface area contributed by atoms with E-state index in [1.165, 1.54) is 0 Å². The fourth-order valence-corrected chi connectivity index (χ4v) is 2.90. The van der Waals surface area contributed by atoms with Gasteiger partial charge in [0.05, 0.1) is 7.11 Å². The third-order valence-corrected chi connectivity index (χ3v) is 4.47. The normalized spacial score (nSPS) is 22.6. The fourth-order valence-electron chi connectivity index (χ4n) is 2.90. The highest BCUT2D eigenvalue weighted by atomic mass is 16.5. The maximum atomic E-state index is 6.32. The van der Waals surface area contributed by atoms with Gasteiger partial charge in [0.2, 0.25) is 0 Å². The molecule has 0 spiro atoms. The molecule has 0 amide bonds. The quantitative estimate of drug-likeness (QED) is 0.915. The number of piperidine rings is 1. The summed E-state index contributed by atoms with van der Waals surface area (Å²) in [4.78, 5) is 2.34. The third kappa shape index (κ3) is 2.63. The average molecular weight is 276 g/mol. The summed E-state index contributed by atoms with van der Waals surface area (Å²) < 4.78 is 11.8. The number of ether oxygens (including phenoxy) is 2. The SMILES string of the molecule is COc1c(OC2CCN(C)CC2)cccc1C1(N)CC1. The average Bonchev–Trinajstić information content (AvgIpc) is 3.20. The minimum absolute atomic E-state index is 0.197. The first-order valence-corrected chi connectivity index (χ1v) is 7.44. The van der Waals surface area contributed by atoms with Crippen LogP contribution in [0.4, 0.5) is 0 Å². The van der Waals surface area contributed by atoms with Crippen LogP contribution < -0.4 is 15.2 Å². The topological polar surface area (TPSA) is 47.7 Å². The molecule has 1 saturated heterocycles. The van der Waals surface area contributed by atoms with Gasteiger partial charge in [0.15, 0.2) is 11.5 Å². The molecule has 1 aromatic carbocycles. The molecule has 3 rings (SSSR count). The molecule has 110 valence electrons. The summed E-state index contributed by atoms with van der Waals surface area (Å²) in [5.74, 6) is 1.67. The van der Waals surface area contributed by atoms with Crippen LogP contribution in [-0.2, 0) is 5.54 Å². The molecular weight excluding hydrogens is 252 g/mol. The van der Waals surface area contributed by atoms with Crippen molar-refractivity contribution in [2.75, 3.05) is 27.2 Å². The zero-order valence-electron chi connectivity index (χ0n) is 12.4. The first-order chi connectivity index (χ1) is 9.62. The molecular formula is C16H24N2O2. The van der Waals surface area contributed by atoms with Crippen LogP contribution >= 0.6 is 0 Å². The van der Waals surface area contributed by atoms with Gasteiger partial charge in [0, 0.05) is 24.2 Å². The second-order valence-electron chi connectivity index (χ2n) is 6.11. The van der Waals surface area contributed by atoms with Crippen molar-refractivity contribution in [1.82, 2.24) is 4.90 Å². The minimum Gasteiger partial charge on any atom is -0.493 e. The number of rotatable bonds is 4. The van der Waals surface area contributed by atoms with Gasteiger partial charge >= 0.3 is 0 Å². The number of methoxy groups -OCH3 is 1. The van der Waals surface area contributed by atoms with Crippen LogP contribution in [0.25, 0.3) is 0 Å². The lowest BCUT2D eigenvalue weighted by Gasteiger charge is -2.30. The van der Waals surface area contributed by atoms with E-state index in [2.05, 4.69) is 18.0 Å². The molecule has 0 radical (unpaired) electrons. The van der Waals surface area contributed by atoms with E-state index in [0.717, 1.165) is 55.8 Å². The molecule has 4 heteroatoms. The van der Waals surface area contributed by atoms with Crippen molar-refractivity contribution in [2.24, 2.45) is 5.73 Å². The number of nitrogens with two attached hydrogens (primary N) is 1. The molecule has 4 nitrogen and oxygen atoms in total. The van der Waals surface area contributed by atoms with Crippen molar-refractivity contribution < 1.29 is 9.47 Å². The lowest BCUT2D eigenvalue weighted by Crippen LogP contribution is -2.35. The molecule has 2 N–H and O–H groups in total. The second-order valence-corrected chi connectivity index (χ2v) is 6.11. The Labute approximate surface area is 120 Å². The molecule has 1 heterocycles. The Kier molecular flexibility index (Phi) is 3.61. The Bertz CT molecular complexity index is 477. The predicted molar refractivity (Wildman–Crippen MR) is 79.2 cm³/mol. The van der Waals surface area contributed by atoms with Gasteiger partial charge in [-0.3, -0.25) is 0 Å². The largest absolute Gasteiger partial charge is 0.493 e. The number of benzene rings is 1. The van der Waals surface area contributed by atoms with E-state index in [4.69, 9.17) is 15.2 Å². The monoisotopic (exact) mass is 276 g/mol. The van der Waals surface area contributed by atoms with Crippen molar-refractivity contribution >= 4 is 0 Å². The van der Waals surface area contributed by atoms with E-state index in [1.54, 1.807) is 7.11 Å². The zero-order valence-corrected chi connectivity index (χ0v) is 12.4. The summed E-state index contributed by atoms with van der Waals surface area (Å²) in [7, 11) is 3.86. The third-order valence-electron chi connectivity index (χ3n) is 4.47. The van der Waals surface area contributed by atoms with Crippen molar-refractivity contribution in [3.8, 4) is 11.5 Å². The lowest BCUT2D eigenvalue weighted by atomic mass is 10.0. The number of para-hydroxylation sites is 1. The molecule has 2 fully saturated rings. The van der Waals surface area contributed by atoms with Crippen LogP contribution in [0.1, 0.15) is 31.2 Å². The number of hydrogen-bond donors (Lipinski definition) is 1. The maximum absolute atomic E-state index is 6.32. The first kappa shape index (κ1) is 13.7. The summed E-state index contributed by atoms with van der Waals surface area (Å²) in [5, 5.41) is 0. The Hall–Kier alpha value is -1.26. The van der Waals surface area contributed by atoms with Gasteiger partial charge < -0.3 is 20.1 Å². The molecule has 1 aliphatic heterocycles. The first-order valence-electron chi connectivity index (χ1n) is 7.44. The predicted octanol–water partition coefficient (Wildman–Crippen LogP) is 2.12. The number of likely N-dealkylation sites (tertiary alicyclic amines) is 1. The smallest absolute Gasteiger partial charge is 0.165 e. The van der Waals surface area contributed by atoms with Gasteiger partial charge in [0.1, 0.15) is 6.10 Å². The Morgan fingerprint density at radius 1 is 1.25 bits per heavy atom. The molecule has 20 heavy (non-hydrogen) atoms. The Morgan fingerprint density at radius 2 is 1.95 bits per heavy atom. The molecule has 0 unspecified atom stereocenters. The van der Waals surface area contributed by atoms with Crippen LogP contribution in [0.5, 0.6) is 11.5 Å². The van der Waals surface area contributed by atoms with Crippen LogP contribution in [0.2, 0.25) is 0 Å². The van der Waals surface area contributed by atoms with Gasteiger partial charge in [0.25, 0.3) is 0 Å². The van der Waals surface area contributed by atoms with E-state index in [0.29, 0.717) is 0 Å². The molecule has 0 atom stereocenters. The van der Waals surface area contributed by atoms with Crippen molar-refractivity contribution in [2.45, 2.75) is 37.3 Å². The highest BCUT2D eigenvalue weighted by molar-refractivity contribution is 5.51. The summed E-state index contributed by atoms with van der Waals surface area (Å²) in [6, 6.07) is 6.08. The summed E-state index contributed by atoms with van der Waals surface area (Å²) in [6.45, 7) is 2.18. The summed E-state index contributed by atoms with van der Waals surface area (Å²) >= 11 is 0. The highest BCUT2D eigenvalue weighted by Gasteiger charge is 2.43. The van der Waals surface area contributed by atoms with Gasteiger partial charge in [-0.05, 0) is 38.8 Å². The van der Waals surface area contributed by atoms with E-state index in [-0.39, 0.29) is 11.6 Å². The van der Waals surface area contributed by atoms with Gasteiger partial charge in [-0.2, -0.15) is 0 Å². The molecule has 1 saturated carbocycles. The van der Waals surface area contributed by atoms with Gasteiger partial charge in [-0.15, -0.1) is 0 Å². The highest BCUT2D eigenvalue weighted by Crippen LogP contribution is 2.49. The van der Waals surface area contributed by atoms with Crippen LogP contribution in [0, 0.1) is 0 Å². The van der Waals surface area contributed by atoms with Gasteiger partial charge in [-0.25, -0.2) is 0 Å². The molecule has 1 aromatic rings. The van der Waals surface area contributed by atoms with Crippen LogP contribution in [0.3, 0.4) is 0 Å². The number of nitrogens with zero attached hydrogens (tertiary/aromatic N) is 1. The molecule has 0 aromatic heterocycles. The Morgan fingerprint density at radius 3 is 2.55 bits per heavy atom. The minimum atomic E-state index is -0.197. The second kappa shape index (κ2) is 5.26. The van der Waals surface area contributed by atoms with Crippen molar-refractivity contribution in [1.29, 1.82) is 0 Å². The van der Waals surface area contributed by atoms with Crippen molar-refractivity contribution in [3.05, 3.63) is 23.8 Å². The van der Waals surface area contributed by atoms with Crippen LogP contribution in [0.15, 0.2) is 18.2 Å². The van der Waals surface area contributed by atoms with Crippen molar-refractivity contribution in [3.63, 3.8) is 0 Å². The molecule has 1 aliphatic carbocycles. The van der Waals surface area contributed by atoms with E-state index < -0.39 is 0 Å². The molecule has 2 aliphatic rings. The van der Waals surface area contributed by atoms with E-state index in [1.807, 2.05) is 12.1 Å². The van der Waals surface area contributed by atoms with E-state index in [9.17, 15) is 0 Å². The molecule has 0 bridgehead atoms. The maximum Gasteiger partial charge on any atom is 0.165 e. The van der Waals surface area contributed by atoms with Crippen LogP contribution in [-0.4, -0.2) is 38.3 Å². The van der Waals surface area contributed by atoms with E-state index >= 15 is 0 Å². The fraction of sp³-hybridized carbons (Fsp3) is 0.625. The zero-order chi connectivity index (χ0) is 14.2. The summed E-state index contributed by atoms with van der Waals surface area (Å²) in [6.07, 6.45) is 4.47.